The number of unbranched alkanes of at least 4 members (excludes halogenated alkanes) is 7. The van der Waals surface area contributed by atoms with Crippen molar-refractivity contribution in [2.45, 2.75) is 85.0 Å². The van der Waals surface area contributed by atoms with Gasteiger partial charge in [0.15, 0.2) is 0 Å². The van der Waals surface area contributed by atoms with Crippen LogP contribution < -0.4 is 0 Å². The highest BCUT2D eigenvalue weighted by molar-refractivity contribution is 5.30. The third kappa shape index (κ3) is 10.9. The Balaban J connectivity index is 4.35. The van der Waals surface area contributed by atoms with E-state index in [1.54, 1.807) is 0 Å². The van der Waals surface area contributed by atoms with Gasteiger partial charge in [0.05, 0.1) is 0 Å². The van der Waals surface area contributed by atoms with E-state index in [9.17, 15) is 0 Å². The van der Waals surface area contributed by atoms with Crippen molar-refractivity contribution in [2.24, 2.45) is 0 Å². The maximum Gasteiger partial charge on any atom is -0.0000113 e. The van der Waals surface area contributed by atoms with Gasteiger partial charge in [-0.15, -0.1) is 12.3 Å². The molecule has 0 fully saturated rings. The molecule has 20 heavy (non-hydrogen) atoms. The fourth-order valence-electron chi connectivity index (χ4n) is 2.18. The van der Waals surface area contributed by atoms with Crippen LogP contribution in [0, 0.1) is 0 Å². The molecule has 0 bridgehead atoms. The van der Waals surface area contributed by atoms with Crippen molar-refractivity contribution in [3.63, 3.8) is 0 Å². The molecule has 0 N–H and O–H groups in total. The Bertz CT molecular complexity index is 324. The van der Waals surface area contributed by atoms with Crippen LogP contribution in [0.3, 0.4) is 0 Å². The Hall–Kier alpha value is -1.00. The van der Waals surface area contributed by atoms with Gasteiger partial charge in [-0.25, -0.2) is 0 Å². The largest absolute Gasteiger partial charge is 0.121 e. The highest BCUT2D eigenvalue weighted by Crippen LogP contribution is 2.15. The fraction of sp³-hybridized carbons (Fsp3) is 0.650. The van der Waals surface area contributed by atoms with Crippen molar-refractivity contribution in [1.29, 1.82) is 0 Å². The summed E-state index contributed by atoms with van der Waals surface area (Å²) in [7, 11) is 0. The quantitative estimate of drug-likeness (QED) is 0.153. The number of hydrogen-bond donors (Lipinski definition) is 0. The van der Waals surface area contributed by atoms with E-state index in [0.717, 1.165) is 12.8 Å². The summed E-state index contributed by atoms with van der Waals surface area (Å²) >= 11 is 0. The SMILES string of the molecule is C=CCC(=C=CCCCCC)C(C)=CCCCCCC. The van der Waals surface area contributed by atoms with E-state index in [4.69, 9.17) is 0 Å². The Morgan fingerprint density at radius 3 is 2.25 bits per heavy atom. The van der Waals surface area contributed by atoms with E-state index in [-0.39, 0.29) is 0 Å². The minimum absolute atomic E-state index is 0.932. The Morgan fingerprint density at radius 1 is 0.950 bits per heavy atom. The van der Waals surface area contributed by atoms with Gasteiger partial charge in [0.25, 0.3) is 0 Å². The standard InChI is InChI=1S/C20H34/c1-5-8-10-12-14-17-19(4)20(16-7-3)18-15-13-11-9-6-2/h7,15,17H,3,5-6,8-14,16H2,1-2,4H3. The van der Waals surface area contributed by atoms with Crippen LogP contribution >= 0.6 is 0 Å². The molecule has 0 aliphatic rings. The average Bonchev–Trinajstić information content (AvgIpc) is 2.45. The minimum atomic E-state index is 0.932. The number of allylic oxidation sites excluding steroid dienone is 4. The van der Waals surface area contributed by atoms with Gasteiger partial charge < -0.3 is 0 Å². The van der Waals surface area contributed by atoms with Gasteiger partial charge in [-0.05, 0) is 56.3 Å². The maximum atomic E-state index is 3.86. The molecule has 114 valence electrons. The summed E-state index contributed by atoms with van der Waals surface area (Å²) in [6.45, 7) is 10.6. The molecule has 0 aromatic carbocycles. The second-order valence-corrected chi connectivity index (χ2v) is 5.55. The van der Waals surface area contributed by atoms with Crippen molar-refractivity contribution in [2.75, 3.05) is 0 Å². The molecule has 0 aromatic rings. The van der Waals surface area contributed by atoms with Crippen LogP contribution in [-0.2, 0) is 0 Å². The second-order valence-electron chi connectivity index (χ2n) is 5.55. The number of hydrogen-bond acceptors (Lipinski definition) is 0. The van der Waals surface area contributed by atoms with Gasteiger partial charge in [-0.3, -0.25) is 0 Å². The molecular weight excluding hydrogens is 240 g/mol. The zero-order valence-corrected chi connectivity index (χ0v) is 14.0. The first-order valence-electron chi connectivity index (χ1n) is 8.48. The first kappa shape index (κ1) is 19.0. The van der Waals surface area contributed by atoms with E-state index in [1.165, 1.54) is 62.5 Å². The molecule has 0 rings (SSSR count). The molecule has 0 nitrogen and oxygen atoms in total. The first-order chi connectivity index (χ1) is 9.76. The van der Waals surface area contributed by atoms with E-state index in [0.29, 0.717) is 0 Å². The predicted molar refractivity (Wildman–Crippen MR) is 93.1 cm³/mol. The van der Waals surface area contributed by atoms with E-state index in [1.807, 2.05) is 6.08 Å². The fourth-order valence-corrected chi connectivity index (χ4v) is 2.18. The normalized spacial score (nSPS) is 11.1. The van der Waals surface area contributed by atoms with Gasteiger partial charge >= 0.3 is 0 Å². The summed E-state index contributed by atoms with van der Waals surface area (Å²) in [4.78, 5) is 0. The number of rotatable bonds is 12. The third-order valence-electron chi connectivity index (χ3n) is 3.56. The van der Waals surface area contributed by atoms with Gasteiger partial charge in [0.1, 0.15) is 0 Å². The van der Waals surface area contributed by atoms with Crippen LogP contribution in [0.4, 0.5) is 0 Å². The lowest BCUT2D eigenvalue weighted by atomic mass is 10.0. The lowest BCUT2D eigenvalue weighted by Crippen LogP contribution is -1.84. The first-order valence-corrected chi connectivity index (χ1v) is 8.48. The monoisotopic (exact) mass is 274 g/mol. The summed E-state index contributed by atoms with van der Waals surface area (Å²) in [6.07, 6.45) is 19.1. The van der Waals surface area contributed by atoms with Gasteiger partial charge in [0, 0.05) is 0 Å². The van der Waals surface area contributed by atoms with Gasteiger partial charge in [-0.2, -0.15) is 0 Å². The lowest BCUT2D eigenvalue weighted by Gasteiger charge is -2.03. The Morgan fingerprint density at radius 2 is 1.60 bits per heavy atom. The topological polar surface area (TPSA) is 0 Å². The molecule has 0 heterocycles. The third-order valence-corrected chi connectivity index (χ3v) is 3.56. The molecule has 0 atom stereocenters. The highest BCUT2D eigenvalue weighted by atomic mass is 14.0. The van der Waals surface area contributed by atoms with Crippen molar-refractivity contribution < 1.29 is 0 Å². The van der Waals surface area contributed by atoms with Crippen LogP contribution in [0.2, 0.25) is 0 Å². The molecule has 0 saturated carbocycles. The molecule has 0 aliphatic carbocycles. The summed E-state index contributed by atoms with van der Waals surface area (Å²) in [5.74, 6) is 0. The molecule has 0 amide bonds. The molecule has 0 aromatic heterocycles. The van der Waals surface area contributed by atoms with E-state index >= 15 is 0 Å². The lowest BCUT2D eigenvalue weighted by molar-refractivity contribution is 0.673. The van der Waals surface area contributed by atoms with Crippen molar-refractivity contribution in [3.05, 3.63) is 41.7 Å². The van der Waals surface area contributed by atoms with Gasteiger partial charge in [-0.1, -0.05) is 58.1 Å². The smallest absolute Gasteiger partial charge is 0.0000113 e. The van der Waals surface area contributed by atoms with E-state index in [2.05, 4.69) is 45.2 Å². The molecule has 0 spiro atoms. The molecule has 0 aliphatic heterocycles. The molecular formula is C20H34. The highest BCUT2D eigenvalue weighted by Gasteiger charge is 1.96. The van der Waals surface area contributed by atoms with Crippen LogP contribution in [0.25, 0.3) is 0 Å². The summed E-state index contributed by atoms with van der Waals surface area (Å²) in [5, 5.41) is 0. The van der Waals surface area contributed by atoms with Crippen LogP contribution in [0.15, 0.2) is 41.7 Å². The molecule has 0 unspecified atom stereocenters. The van der Waals surface area contributed by atoms with Crippen LogP contribution in [-0.4, -0.2) is 0 Å². The van der Waals surface area contributed by atoms with Crippen molar-refractivity contribution >= 4 is 0 Å². The zero-order valence-electron chi connectivity index (χ0n) is 14.0. The minimum Gasteiger partial charge on any atom is -0.121 e. The summed E-state index contributed by atoms with van der Waals surface area (Å²) in [6, 6.07) is 0. The molecule has 0 saturated heterocycles. The van der Waals surface area contributed by atoms with Crippen LogP contribution in [0.5, 0.6) is 0 Å². The maximum absolute atomic E-state index is 3.86. The Labute approximate surface area is 127 Å². The van der Waals surface area contributed by atoms with E-state index < -0.39 is 0 Å². The summed E-state index contributed by atoms with van der Waals surface area (Å²) < 4.78 is 0. The Kier molecular flexibility index (Phi) is 13.7. The zero-order chi connectivity index (χ0) is 15.1. The average molecular weight is 274 g/mol. The molecule has 0 heteroatoms. The second kappa shape index (κ2) is 14.4. The van der Waals surface area contributed by atoms with Crippen molar-refractivity contribution in [1.82, 2.24) is 0 Å². The predicted octanol–water partition coefficient (Wildman–Crippen LogP) is 7.14. The summed E-state index contributed by atoms with van der Waals surface area (Å²) in [5.41, 5.74) is 6.18. The van der Waals surface area contributed by atoms with Crippen LogP contribution in [0.1, 0.15) is 85.0 Å². The molecule has 0 radical (unpaired) electrons. The van der Waals surface area contributed by atoms with Gasteiger partial charge in [0.2, 0.25) is 0 Å². The van der Waals surface area contributed by atoms with Crippen molar-refractivity contribution in [3.8, 4) is 0 Å².